The van der Waals surface area contributed by atoms with Gasteiger partial charge in [-0.3, -0.25) is 14.4 Å². The Bertz CT molecular complexity index is 911. The number of benzene rings is 1. The lowest BCUT2D eigenvalue weighted by molar-refractivity contribution is -0.257. The van der Waals surface area contributed by atoms with Gasteiger partial charge in [0.05, 0.1) is 13.0 Å². The second kappa shape index (κ2) is 13.0. The quantitative estimate of drug-likeness (QED) is 0.217. The van der Waals surface area contributed by atoms with E-state index in [0.717, 1.165) is 0 Å². The fourth-order valence-electron chi connectivity index (χ4n) is 3.17. The van der Waals surface area contributed by atoms with Crippen LogP contribution < -0.4 is 0 Å². The third-order valence-corrected chi connectivity index (χ3v) is 4.71. The normalized spacial score (nSPS) is 22.3. The van der Waals surface area contributed by atoms with Gasteiger partial charge in [-0.15, -0.1) is 0 Å². The van der Waals surface area contributed by atoms with Crippen LogP contribution in [0.15, 0.2) is 30.0 Å². The van der Waals surface area contributed by atoms with E-state index < -0.39 is 48.5 Å². The van der Waals surface area contributed by atoms with Crippen molar-refractivity contribution in [3.63, 3.8) is 0 Å². The average Bonchev–Trinajstić information content (AvgIpc) is 2.74. The minimum Gasteiger partial charge on any atom is -0.463 e. The number of esters is 4. The highest BCUT2D eigenvalue weighted by Gasteiger charge is 2.45. The lowest BCUT2D eigenvalue weighted by Crippen LogP contribution is -2.54. The molecule has 2 rings (SSSR count). The first-order valence-electron chi connectivity index (χ1n) is 10.5. The van der Waals surface area contributed by atoms with E-state index in [1.54, 1.807) is 31.2 Å². The molecule has 1 saturated heterocycles. The smallest absolute Gasteiger partial charge is 0.373 e. The molecule has 0 radical (unpaired) electrons. The number of rotatable bonds is 9. The van der Waals surface area contributed by atoms with Gasteiger partial charge in [0.25, 0.3) is 0 Å². The largest absolute Gasteiger partial charge is 0.463 e. The molecule has 0 aliphatic carbocycles. The minimum atomic E-state index is -1.13. The number of hydrogen-bond donors (Lipinski definition) is 0. The Labute approximate surface area is 202 Å². The van der Waals surface area contributed by atoms with Crippen LogP contribution in [0.2, 0.25) is 5.02 Å². The van der Waals surface area contributed by atoms with Gasteiger partial charge in [0.1, 0.15) is 18.8 Å². The third kappa shape index (κ3) is 8.68. The number of hydrogen-bond acceptors (Lipinski definition) is 10. The summed E-state index contributed by atoms with van der Waals surface area (Å²) in [5, 5.41) is 0.514. The highest BCUT2D eigenvalue weighted by Crippen LogP contribution is 2.29. The van der Waals surface area contributed by atoms with Crippen molar-refractivity contribution in [2.45, 2.75) is 58.7 Å². The first kappa shape index (κ1) is 27.1. The lowest BCUT2D eigenvalue weighted by Gasteiger charge is -2.39. The molecule has 11 heteroatoms. The summed E-state index contributed by atoms with van der Waals surface area (Å²) in [5.41, 5.74) is 0.606. The van der Waals surface area contributed by atoms with Crippen molar-refractivity contribution >= 4 is 41.6 Å². The molecule has 34 heavy (non-hydrogen) atoms. The highest BCUT2D eigenvalue weighted by atomic mass is 35.5. The van der Waals surface area contributed by atoms with E-state index in [-0.39, 0.29) is 25.4 Å². The summed E-state index contributed by atoms with van der Waals surface area (Å²) in [4.78, 5) is 47.2. The van der Waals surface area contributed by atoms with Gasteiger partial charge >= 0.3 is 23.9 Å². The van der Waals surface area contributed by atoms with E-state index in [0.29, 0.717) is 10.6 Å². The van der Waals surface area contributed by atoms with E-state index in [2.05, 4.69) is 0 Å². The number of carbonyl (C=O) groups is 4. The summed E-state index contributed by atoms with van der Waals surface area (Å²) >= 11 is 5.91. The Morgan fingerprint density at radius 3 is 2.18 bits per heavy atom. The monoisotopic (exact) mass is 498 g/mol. The Morgan fingerprint density at radius 2 is 1.62 bits per heavy atom. The zero-order valence-corrected chi connectivity index (χ0v) is 20.0. The Balaban J connectivity index is 2.33. The van der Waals surface area contributed by atoms with Crippen LogP contribution >= 0.6 is 11.6 Å². The molecule has 4 atom stereocenters. The highest BCUT2D eigenvalue weighted by molar-refractivity contribution is 6.30. The van der Waals surface area contributed by atoms with Crippen LogP contribution in [-0.4, -0.2) is 61.7 Å². The predicted molar refractivity (Wildman–Crippen MR) is 118 cm³/mol. The Kier molecular flexibility index (Phi) is 10.3. The van der Waals surface area contributed by atoms with Crippen molar-refractivity contribution in [3.8, 4) is 0 Å². The van der Waals surface area contributed by atoms with Crippen LogP contribution in [0.5, 0.6) is 0 Å². The standard InChI is InChI=1S/C23H27ClO10/c1-5-29-23(28)19(10-16-6-8-17(24)9-7-16)33-21-11-18(31-14(3)26)22(32-15(4)27)20(34-21)12-30-13(2)25/h6-10,18,20-22H,5,11-12H2,1-4H3/b19-10-. The van der Waals surface area contributed by atoms with Gasteiger partial charge in [-0.2, -0.15) is 0 Å². The predicted octanol–water partition coefficient (Wildman–Crippen LogP) is 2.80. The molecule has 4 unspecified atom stereocenters. The molecular formula is C23H27ClO10. The van der Waals surface area contributed by atoms with Gasteiger partial charge < -0.3 is 28.4 Å². The third-order valence-electron chi connectivity index (χ3n) is 4.46. The molecule has 1 aliphatic heterocycles. The van der Waals surface area contributed by atoms with Crippen LogP contribution in [0.4, 0.5) is 0 Å². The fourth-order valence-corrected chi connectivity index (χ4v) is 3.29. The molecule has 0 saturated carbocycles. The van der Waals surface area contributed by atoms with E-state index >= 15 is 0 Å². The van der Waals surface area contributed by atoms with Crippen molar-refractivity contribution in [3.05, 3.63) is 40.6 Å². The van der Waals surface area contributed by atoms with Gasteiger partial charge in [0.15, 0.2) is 6.10 Å². The summed E-state index contributed by atoms with van der Waals surface area (Å²) in [7, 11) is 0. The molecule has 1 fully saturated rings. The SMILES string of the molecule is CCOC(=O)/C(=C/c1ccc(Cl)cc1)OC1CC(OC(C)=O)C(OC(C)=O)C(COC(C)=O)O1. The molecule has 186 valence electrons. The van der Waals surface area contributed by atoms with Crippen LogP contribution in [-0.2, 0) is 47.6 Å². The minimum absolute atomic E-state index is 0.0779. The molecule has 0 amide bonds. The molecule has 0 spiro atoms. The van der Waals surface area contributed by atoms with Crippen LogP contribution in [0.1, 0.15) is 39.7 Å². The average molecular weight is 499 g/mol. The summed E-state index contributed by atoms with van der Waals surface area (Å²) in [6.45, 7) is 5.02. The van der Waals surface area contributed by atoms with Crippen molar-refractivity contribution in [1.82, 2.24) is 0 Å². The van der Waals surface area contributed by atoms with Gasteiger partial charge in [0.2, 0.25) is 12.0 Å². The Hall–Kier alpha value is -3.11. The van der Waals surface area contributed by atoms with E-state index in [1.807, 2.05) is 0 Å². The second-order valence-corrected chi connectivity index (χ2v) is 7.70. The van der Waals surface area contributed by atoms with Gasteiger partial charge in [-0.25, -0.2) is 4.79 Å². The van der Waals surface area contributed by atoms with Gasteiger partial charge in [0, 0.05) is 25.8 Å². The van der Waals surface area contributed by atoms with Crippen LogP contribution in [0, 0.1) is 0 Å². The number of carbonyl (C=O) groups excluding carboxylic acids is 4. The van der Waals surface area contributed by atoms with Crippen molar-refractivity contribution in [1.29, 1.82) is 0 Å². The second-order valence-electron chi connectivity index (χ2n) is 7.26. The fraction of sp³-hybridized carbons (Fsp3) is 0.478. The molecule has 0 aromatic heterocycles. The molecule has 1 aliphatic rings. The molecule has 1 aromatic carbocycles. The van der Waals surface area contributed by atoms with E-state index in [1.165, 1.54) is 26.8 Å². The maximum Gasteiger partial charge on any atom is 0.373 e. The zero-order valence-electron chi connectivity index (χ0n) is 19.3. The molecule has 0 bridgehead atoms. The Morgan fingerprint density at radius 1 is 0.971 bits per heavy atom. The topological polar surface area (TPSA) is 124 Å². The molecule has 1 aromatic rings. The number of halogens is 1. The van der Waals surface area contributed by atoms with Gasteiger partial charge in [-0.05, 0) is 30.7 Å². The van der Waals surface area contributed by atoms with Crippen LogP contribution in [0.3, 0.4) is 0 Å². The zero-order chi connectivity index (χ0) is 25.3. The van der Waals surface area contributed by atoms with Crippen molar-refractivity contribution < 1.29 is 47.6 Å². The maximum atomic E-state index is 12.5. The van der Waals surface area contributed by atoms with Crippen molar-refractivity contribution in [2.24, 2.45) is 0 Å². The molecule has 1 heterocycles. The van der Waals surface area contributed by atoms with E-state index in [4.69, 9.17) is 40.0 Å². The first-order chi connectivity index (χ1) is 16.1. The van der Waals surface area contributed by atoms with Crippen molar-refractivity contribution in [2.75, 3.05) is 13.2 Å². The molecular weight excluding hydrogens is 472 g/mol. The van der Waals surface area contributed by atoms with E-state index in [9.17, 15) is 19.2 Å². The summed E-state index contributed by atoms with van der Waals surface area (Å²) in [6.07, 6.45) is -2.84. The van der Waals surface area contributed by atoms with Gasteiger partial charge in [-0.1, -0.05) is 23.7 Å². The summed E-state index contributed by atoms with van der Waals surface area (Å²) in [5.74, 6) is -2.78. The maximum absolute atomic E-state index is 12.5. The first-order valence-corrected chi connectivity index (χ1v) is 10.9. The molecule has 0 N–H and O–H groups in total. The molecule has 10 nitrogen and oxygen atoms in total. The lowest BCUT2D eigenvalue weighted by atomic mass is 10.0. The number of ether oxygens (including phenoxy) is 6. The summed E-state index contributed by atoms with van der Waals surface area (Å²) in [6, 6.07) is 6.63. The van der Waals surface area contributed by atoms with Crippen LogP contribution in [0.25, 0.3) is 6.08 Å². The summed E-state index contributed by atoms with van der Waals surface area (Å²) < 4.78 is 32.4.